The maximum absolute atomic E-state index is 15.2. The van der Waals surface area contributed by atoms with Crippen LogP contribution in [-0.4, -0.2) is 62.3 Å². The van der Waals surface area contributed by atoms with E-state index in [9.17, 15) is 22.8 Å². The van der Waals surface area contributed by atoms with E-state index in [1.165, 1.54) is 19.2 Å². The second kappa shape index (κ2) is 10.8. The summed E-state index contributed by atoms with van der Waals surface area (Å²) in [6.45, 7) is -0.506. The summed E-state index contributed by atoms with van der Waals surface area (Å²) in [5.74, 6) is -2.32. The number of fused-ring (bicyclic) bond motifs is 2. The number of rotatable bonds is 10. The van der Waals surface area contributed by atoms with Crippen LogP contribution in [0.15, 0.2) is 47.3 Å². The predicted octanol–water partition coefficient (Wildman–Crippen LogP) is 2.44. The Morgan fingerprint density at radius 2 is 2.00 bits per heavy atom. The van der Waals surface area contributed by atoms with Crippen molar-refractivity contribution >= 4 is 54.1 Å². The summed E-state index contributed by atoms with van der Waals surface area (Å²) in [4.78, 5) is 43.7. The number of methoxy groups -OCH3 is 1. The molecule has 2 aromatic heterocycles. The van der Waals surface area contributed by atoms with Gasteiger partial charge >= 0.3 is 0 Å². The fraction of sp³-hybridized carbons (Fsp3) is 0.308. The van der Waals surface area contributed by atoms with Gasteiger partial charge in [0.1, 0.15) is 10.8 Å². The number of aromatic amines is 1. The molecule has 1 aliphatic rings. The summed E-state index contributed by atoms with van der Waals surface area (Å²) in [5, 5.41) is 4.12. The number of halogens is 1. The highest BCUT2D eigenvalue weighted by Crippen LogP contribution is 2.36. The number of thiazole rings is 1. The Morgan fingerprint density at radius 1 is 1.21 bits per heavy atom. The molecule has 204 valence electrons. The van der Waals surface area contributed by atoms with Gasteiger partial charge in [0.05, 0.1) is 29.1 Å². The van der Waals surface area contributed by atoms with Gasteiger partial charge in [-0.3, -0.25) is 14.4 Å². The van der Waals surface area contributed by atoms with Crippen LogP contribution < -0.4 is 16.2 Å². The molecule has 0 spiro atoms. The molecule has 13 heteroatoms. The average molecular weight is 573 g/mol. The van der Waals surface area contributed by atoms with Gasteiger partial charge in [-0.25, -0.2) is 17.8 Å². The van der Waals surface area contributed by atoms with Crippen LogP contribution in [0.25, 0.3) is 32.2 Å². The minimum atomic E-state index is -4.09. The van der Waals surface area contributed by atoms with Gasteiger partial charge in [0.25, 0.3) is 0 Å². The van der Waals surface area contributed by atoms with Gasteiger partial charge in [-0.1, -0.05) is 6.07 Å². The highest BCUT2D eigenvalue weighted by Gasteiger charge is 2.37. The number of hydrogen-bond donors (Lipinski definition) is 3. The smallest absolute Gasteiger partial charge is 0.248 e. The molecule has 1 aliphatic carbocycles. The molecule has 2 amide bonds. The Balaban J connectivity index is 1.49. The van der Waals surface area contributed by atoms with Gasteiger partial charge in [0.2, 0.25) is 17.4 Å². The average Bonchev–Trinajstić information content (AvgIpc) is 3.62. The molecule has 2 heterocycles. The Labute approximate surface area is 226 Å². The van der Waals surface area contributed by atoms with Crippen molar-refractivity contribution in [3.63, 3.8) is 0 Å². The van der Waals surface area contributed by atoms with Gasteiger partial charge in [0.15, 0.2) is 15.1 Å². The van der Waals surface area contributed by atoms with Crippen LogP contribution in [0.5, 0.6) is 0 Å². The first-order chi connectivity index (χ1) is 18.6. The summed E-state index contributed by atoms with van der Waals surface area (Å²) >= 11 is 0.965. The summed E-state index contributed by atoms with van der Waals surface area (Å²) < 4.78 is 46.9. The lowest BCUT2D eigenvalue weighted by molar-refractivity contribution is -0.126. The lowest BCUT2D eigenvalue weighted by Crippen LogP contribution is -2.41. The van der Waals surface area contributed by atoms with Gasteiger partial charge < -0.3 is 20.4 Å². The maximum atomic E-state index is 15.2. The second-order valence-electron chi connectivity index (χ2n) is 9.28. The molecule has 10 nitrogen and oxygen atoms in total. The first-order valence-corrected chi connectivity index (χ1v) is 14.7. The molecule has 3 N–H and O–H groups in total. The van der Waals surface area contributed by atoms with E-state index in [4.69, 9.17) is 4.74 Å². The number of H-pyrrole nitrogens is 1. The number of benzene rings is 2. The van der Waals surface area contributed by atoms with Crippen LogP contribution in [0.3, 0.4) is 0 Å². The molecular weight excluding hydrogens is 547 g/mol. The van der Waals surface area contributed by atoms with E-state index in [0.29, 0.717) is 21.2 Å². The number of carbonyl (C=O) groups excluding carboxylic acids is 2. The van der Waals surface area contributed by atoms with Crippen LogP contribution in [0.2, 0.25) is 0 Å². The Morgan fingerprint density at radius 3 is 2.74 bits per heavy atom. The number of pyridine rings is 1. The van der Waals surface area contributed by atoms with E-state index in [1.807, 2.05) is 0 Å². The topological polar surface area (TPSA) is 147 Å². The third-order valence-electron chi connectivity index (χ3n) is 6.29. The highest BCUT2D eigenvalue weighted by atomic mass is 32.2. The lowest BCUT2D eigenvalue weighted by atomic mass is 10.0. The SMILES string of the molecule is COCCS(=O)(=O)C(C(=O)NCC(=O)NC1CC1)c1nc2cc(F)c(-c3ccc4[nH]c(=O)ccc4c3)cc2s1. The highest BCUT2D eigenvalue weighted by molar-refractivity contribution is 7.92. The number of sulfone groups is 1. The van der Waals surface area contributed by atoms with Crippen molar-refractivity contribution < 1.29 is 27.1 Å². The fourth-order valence-electron chi connectivity index (χ4n) is 4.13. The van der Waals surface area contributed by atoms with Gasteiger partial charge in [-0.2, -0.15) is 0 Å². The van der Waals surface area contributed by atoms with Gasteiger partial charge in [-0.05, 0) is 48.1 Å². The van der Waals surface area contributed by atoms with Gasteiger partial charge in [0, 0.05) is 36.4 Å². The van der Waals surface area contributed by atoms with Crippen LogP contribution in [0.4, 0.5) is 4.39 Å². The number of ether oxygens (including phenoxy) is 1. The minimum absolute atomic E-state index is 0.0335. The van der Waals surface area contributed by atoms with Crippen molar-refractivity contribution in [1.29, 1.82) is 0 Å². The Bertz CT molecular complexity index is 1750. The molecule has 0 radical (unpaired) electrons. The zero-order valence-electron chi connectivity index (χ0n) is 20.8. The molecule has 4 aromatic rings. The van der Waals surface area contributed by atoms with Crippen molar-refractivity contribution in [3.8, 4) is 11.1 Å². The molecule has 1 saturated carbocycles. The normalized spacial score (nSPS) is 14.4. The van der Waals surface area contributed by atoms with Crippen molar-refractivity contribution in [2.24, 2.45) is 0 Å². The Kier molecular flexibility index (Phi) is 7.47. The third-order valence-corrected chi connectivity index (χ3v) is 9.41. The second-order valence-corrected chi connectivity index (χ2v) is 12.5. The summed E-state index contributed by atoms with van der Waals surface area (Å²) in [5.41, 5.74) is 1.36. The number of aromatic nitrogens is 2. The predicted molar refractivity (Wildman–Crippen MR) is 146 cm³/mol. The van der Waals surface area contributed by atoms with E-state index in [2.05, 4.69) is 20.6 Å². The number of nitrogens with one attached hydrogen (secondary N) is 3. The van der Waals surface area contributed by atoms with Gasteiger partial charge in [-0.15, -0.1) is 11.3 Å². The largest absolute Gasteiger partial charge is 0.384 e. The van der Waals surface area contributed by atoms with Crippen LogP contribution >= 0.6 is 11.3 Å². The fourth-order valence-corrected chi connectivity index (χ4v) is 7.09. The van der Waals surface area contributed by atoms with Crippen LogP contribution in [0.1, 0.15) is 23.1 Å². The van der Waals surface area contributed by atoms with Crippen molar-refractivity contribution in [2.45, 2.75) is 24.1 Å². The molecule has 0 saturated heterocycles. The standard InChI is InChI=1S/C26H25FN4O6S2/c1-37-8-9-39(35,36)24(25(34)28-13-23(33)29-16-4-5-16)26-31-20-12-18(27)17(11-21(20)38-26)14-2-6-19-15(10-14)3-7-22(32)30-19/h2-3,6-7,10-12,16,24H,4-5,8-9,13H2,1H3,(H,28,34)(H,29,33)(H,30,32). The quantitative estimate of drug-likeness (QED) is 0.264. The van der Waals surface area contributed by atoms with Crippen LogP contribution in [-0.2, 0) is 24.2 Å². The van der Waals surface area contributed by atoms with Crippen molar-refractivity contribution in [1.82, 2.24) is 20.6 Å². The van der Waals surface area contributed by atoms with E-state index in [-0.39, 0.29) is 40.8 Å². The van der Waals surface area contributed by atoms with E-state index < -0.39 is 38.5 Å². The molecule has 2 aromatic carbocycles. The number of nitrogens with zero attached hydrogens (tertiary/aromatic N) is 1. The first kappa shape index (κ1) is 26.9. The molecule has 1 atom stereocenters. The number of hydrogen-bond acceptors (Lipinski definition) is 8. The monoisotopic (exact) mass is 572 g/mol. The molecule has 0 bridgehead atoms. The maximum Gasteiger partial charge on any atom is 0.248 e. The molecular formula is C26H25FN4O6S2. The minimum Gasteiger partial charge on any atom is -0.384 e. The van der Waals surface area contributed by atoms with Crippen molar-refractivity contribution in [3.05, 3.63) is 63.6 Å². The first-order valence-electron chi connectivity index (χ1n) is 12.2. The number of carbonyl (C=O) groups is 2. The molecule has 0 aliphatic heterocycles. The summed E-state index contributed by atoms with van der Waals surface area (Å²) in [6, 6.07) is 10.9. The van der Waals surface area contributed by atoms with Crippen molar-refractivity contribution in [2.75, 3.05) is 26.0 Å². The zero-order chi connectivity index (χ0) is 27.7. The van der Waals surface area contributed by atoms with E-state index >= 15 is 4.39 Å². The van der Waals surface area contributed by atoms with E-state index in [0.717, 1.165) is 24.2 Å². The zero-order valence-corrected chi connectivity index (χ0v) is 22.5. The third kappa shape index (κ3) is 6.00. The Hall–Kier alpha value is -3.68. The lowest BCUT2D eigenvalue weighted by Gasteiger charge is -2.15. The molecule has 5 rings (SSSR count). The number of amides is 2. The summed E-state index contributed by atoms with van der Waals surface area (Å²) in [7, 11) is -2.74. The van der Waals surface area contributed by atoms with E-state index in [1.54, 1.807) is 30.3 Å². The molecule has 1 fully saturated rings. The molecule has 1 unspecified atom stereocenters. The molecule has 39 heavy (non-hydrogen) atoms. The summed E-state index contributed by atoms with van der Waals surface area (Å²) in [6.07, 6.45) is 1.74. The van der Waals surface area contributed by atoms with Crippen LogP contribution in [0, 0.1) is 5.82 Å².